The Kier molecular flexibility index (Phi) is 7.03. The number of aryl methyl sites for hydroxylation is 3. The lowest BCUT2D eigenvalue weighted by molar-refractivity contribution is -0.117. The minimum atomic E-state index is -0.0298. The smallest absolute Gasteiger partial charge is 0.233 e. The maximum atomic E-state index is 13.7. The van der Waals surface area contributed by atoms with E-state index in [1.54, 1.807) is 26.2 Å². The van der Waals surface area contributed by atoms with Crippen molar-refractivity contribution in [2.45, 2.75) is 26.7 Å². The Morgan fingerprint density at radius 3 is 2.15 bits per heavy atom. The van der Waals surface area contributed by atoms with Crippen LogP contribution in [-0.2, 0) is 11.2 Å². The number of methoxy groups -OCH3 is 3. The van der Waals surface area contributed by atoms with Crippen LogP contribution in [0.3, 0.4) is 0 Å². The Bertz CT molecular complexity index is 1250. The first-order chi connectivity index (χ1) is 16.4. The minimum absolute atomic E-state index is 0.0298. The summed E-state index contributed by atoms with van der Waals surface area (Å²) in [5.41, 5.74) is 4.82. The number of hydrogen-bond acceptors (Lipinski definition) is 6. The first-order valence-corrected chi connectivity index (χ1v) is 11.8. The number of carbonyl (C=O) groups is 1. The van der Waals surface area contributed by atoms with E-state index in [1.807, 2.05) is 62.4 Å². The molecule has 4 rings (SSSR count). The largest absolute Gasteiger partial charge is 0.493 e. The molecule has 0 N–H and O–H groups in total. The molecule has 3 aromatic carbocycles. The van der Waals surface area contributed by atoms with Crippen LogP contribution in [-0.4, -0.2) is 32.2 Å². The number of para-hydroxylation sites is 1. The molecule has 0 atom stereocenters. The zero-order valence-electron chi connectivity index (χ0n) is 20.0. The highest BCUT2D eigenvalue weighted by Crippen LogP contribution is 2.39. The van der Waals surface area contributed by atoms with Crippen molar-refractivity contribution in [1.82, 2.24) is 4.98 Å². The van der Waals surface area contributed by atoms with Crippen molar-refractivity contribution in [1.29, 1.82) is 0 Å². The summed E-state index contributed by atoms with van der Waals surface area (Å²) >= 11 is 1.52. The molecule has 0 saturated heterocycles. The average Bonchev–Trinajstić information content (AvgIpc) is 3.25. The standard InChI is InChI=1S/C27H28N2O4S/c1-17-12-18(2)14-20(13-17)29(27-28-21-8-6-7-9-24(21)34-27)25(30)11-10-19-15-22(31-3)26(33-5)23(16-19)32-4/h6-9,12-16H,10-11H2,1-5H3. The Hall–Kier alpha value is -3.58. The van der Waals surface area contributed by atoms with Gasteiger partial charge >= 0.3 is 0 Å². The van der Waals surface area contributed by atoms with Gasteiger partial charge in [0.15, 0.2) is 16.6 Å². The van der Waals surface area contributed by atoms with Crippen LogP contribution in [0.1, 0.15) is 23.1 Å². The number of ether oxygens (including phenoxy) is 3. The highest BCUT2D eigenvalue weighted by molar-refractivity contribution is 7.22. The highest BCUT2D eigenvalue weighted by Gasteiger charge is 2.23. The van der Waals surface area contributed by atoms with E-state index in [0.29, 0.717) is 35.2 Å². The SMILES string of the molecule is COc1cc(CCC(=O)N(c2cc(C)cc(C)c2)c2nc3ccccc3s2)cc(OC)c1OC. The molecule has 1 heterocycles. The Morgan fingerprint density at radius 1 is 0.912 bits per heavy atom. The summed E-state index contributed by atoms with van der Waals surface area (Å²) in [7, 11) is 4.74. The third kappa shape index (κ3) is 4.84. The molecule has 0 fully saturated rings. The number of hydrogen-bond donors (Lipinski definition) is 0. The first-order valence-electron chi connectivity index (χ1n) is 11.0. The maximum absolute atomic E-state index is 13.7. The predicted octanol–water partition coefficient (Wildman–Crippen LogP) is 6.24. The third-order valence-corrected chi connectivity index (χ3v) is 6.56. The Labute approximate surface area is 203 Å². The molecule has 0 radical (unpaired) electrons. The van der Waals surface area contributed by atoms with Gasteiger partial charge in [0.1, 0.15) is 0 Å². The summed E-state index contributed by atoms with van der Waals surface area (Å²) in [6, 6.07) is 17.8. The van der Waals surface area contributed by atoms with Gasteiger partial charge in [-0.1, -0.05) is 29.5 Å². The number of fused-ring (bicyclic) bond motifs is 1. The lowest BCUT2D eigenvalue weighted by atomic mass is 10.1. The number of amides is 1. The molecule has 34 heavy (non-hydrogen) atoms. The minimum Gasteiger partial charge on any atom is -0.493 e. The monoisotopic (exact) mass is 476 g/mol. The van der Waals surface area contributed by atoms with Crippen LogP contribution >= 0.6 is 11.3 Å². The van der Waals surface area contributed by atoms with Gasteiger partial charge in [0, 0.05) is 6.42 Å². The molecule has 1 aromatic heterocycles. The molecule has 6 nitrogen and oxygen atoms in total. The van der Waals surface area contributed by atoms with Crippen molar-refractivity contribution in [3.8, 4) is 17.2 Å². The zero-order chi connectivity index (χ0) is 24.2. The topological polar surface area (TPSA) is 60.9 Å². The van der Waals surface area contributed by atoms with Gasteiger partial charge in [0.25, 0.3) is 0 Å². The molecule has 176 valence electrons. The van der Waals surface area contributed by atoms with Gasteiger partial charge in [-0.15, -0.1) is 0 Å². The average molecular weight is 477 g/mol. The summed E-state index contributed by atoms with van der Waals surface area (Å²) in [5.74, 6) is 1.65. The number of nitrogens with zero attached hydrogens (tertiary/aromatic N) is 2. The lowest BCUT2D eigenvalue weighted by Crippen LogP contribution is -2.26. The van der Waals surface area contributed by atoms with Gasteiger partial charge in [-0.2, -0.15) is 0 Å². The van der Waals surface area contributed by atoms with Crippen LogP contribution in [0.2, 0.25) is 0 Å². The highest BCUT2D eigenvalue weighted by atomic mass is 32.1. The van der Waals surface area contributed by atoms with E-state index in [9.17, 15) is 4.79 Å². The molecule has 7 heteroatoms. The summed E-state index contributed by atoms with van der Waals surface area (Å²) in [6.07, 6.45) is 0.809. The number of rotatable bonds is 8. The van der Waals surface area contributed by atoms with Crippen LogP contribution in [0, 0.1) is 13.8 Å². The fourth-order valence-electron chi connectivity index (χ4n) is 4.04. The molecule has 0 spiro atoms. The molecule has 0 aliphatic rings. The van der Waals surface area contributed by atoms with E-state index in [0.717, 1.165) is 32.6 Å². The van der Waals surface area contributed by atoms with Crippen molar-refractivity contribution >= 4 is 38.3 Å². The van der Waals surface area contributed by atoms with Crippen LogP contribution in [0.15, 0.2) is 54.6 Å². The molecular formula is C27H28N2O4S. The van der Waals surface area contributed by atoms with E-state index in [2.05, 4.69) is 6.07 Å². The summed E-state index contributed by atoms with van der Waals surface area (Å²) in [4.78, 5) is 20.2. The van der Waals surface area contributed by atoms with Crippen molar-refractivity contribution in [2.24, 2.45) is 0 Å². The molecule has 0 bridgehead atoms. The van der Waals surface area contributed by atoms with Crippen molar-refractivity contribution < 1.29 is 19.0 Å². The van der Waals surface area contributed by atoms with Gasteiger partial charge < -0.3 is 14.2 Å². The predicted molar refractivity (Wildman–Crippen MR) is 137 cm³/mol. The van der Waals surface area contributed by atoms with E-state index < -0.39 is 0 Å². The summed E-state index contributed by atoms with van der Waals surface area (Å²) in [6.45, 7) is 4.07. The number of aromatic nitrogens is 1. The van der Waals surface area contributed by atoms with Gasteiger partial charge in [-0.05, 0) is 73.4 Å². The van der Waals surface area contributed by atoms with E-state index >= 15 is 0 Å². The number of benzene rings is 3. The first kappa shape index (κ1) is 23.6. The van der Waals surface area contributed by atoms with Gasteiger partial charge in [0.05, 0.1) is 37.2 Å². The van der Waals surface area contributed by atoms with Crippen molar-refractivity contribution in [2.75, 3.05) is 26.2 Å². The Morgan fingerprint density at radius 2 is 1.56 bits per heavy atom. The maximum Gasteiger partial charge on any atom is 0.233 e. The second-order valence-electron chi connectivity index (χ2n) is 8.07. The van der Waals surface area contributed by atoms with Crippen LogP contribution in [0.4, 0.5) is 10.8 Å². The lowest BCUT2D eigenvalue weighted by Gasteiger charge is -2.21. The number of thiazole rings is 1. The van der Waals surface area contributed by atoms with E-state index in [4.69, 9.17) is 19.2 Å². The molecule has 1 amide bonds. The van der Waals surface area contributed by atoms with E-state index in [-0.39, 0.29) is 5.91 Å². The van der Waals surface area contributed by atoms with Gasteiger partial charge in [-0.25, -0.2) is 4.98 Å². The fourth-order valence-corrected chi connectivity index (χ4v) is 5.04. The second kappa shape index (κ2) is 10.1. The van der Waals surface area contributed by atoms with E-state index in [1.165, 1.54) is 11.3 Å². The fraction of sp³-hybridized carbons (Fsp3) is 0.259. The molecule has 0 unspecified atom stereocenters. The molecule has 0 aliphatic carbocycles. The Balaban J connectivity index is 1.68. The molecular weight excluding hydrogens is 448 g/mol. The van der Waals surface area contributed by atoms with Gasteiger partial charge in [0.2, 0.25) is 11.7 Å². The zero-order valence-corrected chi connectivity index (χ0v) is 20.9. The molecule has 0 saturated carbocycles. The summed E-state index contributed by atoms with van der Waals surface area (Å²) < 4.78 is 17.4. The van der Waals surface area contributed by atoms with Crippen LogP contribution in [0.5, 0.6) is 17.2 Å². The second-order valence-corrected chi connectivity index (χ2v) is 9.08. The molecule has 0 aliphatic heterocycles. The number of anilines is 2. The van der Waals surface area contributed by atoms with Gasteiger partial charge in [-0.3, -0.25) is 9.69 Å². The van der Waals surface area contributed by atoms with Crippen LogP contribution < -0.4 is 19.1 Å². The van der Waals surface area contributed by atoms with Crippen molar-refractivity contribution in [3.63, 3.8) is 0 Å². The van der Waals surface area contributed by atoms with Crippen LogP contribution in [0.25, 0.3) is 10.2 Å². The number of carbonyl (C=O) groups excluding carboxylic acids is 1. The van der Waals surface area contributed by atoms with Crippen molar-refractivity contribution in [3.05, 3.63) is 71.3 Å². The molecule has 4 aromatic rings. The third-order valence-electron chi connectivity index (χ3n) is 5.54. The summed E-state index contributed by atoms with van der Waals surface area (Å²) in [5, 5.41) is 0.668. The normalized spacial score (nSPS) is 10.9. The quantitative estimate of drug-likeness (QED) is 0.301.